The number of carbonyl (C=O) groups excluding carboxylic acids is 3. The number of amides is 2. The molecule has 0 atom stereocenters. The second-order valence-electron chi connectivity index (χ2n) is 5.28. The van der Waals surface area contributed by atoms with Gasteiger partial charge in [0.25, 0.3) is 11.8 Å². The van der Waals surface area contributed by atoms with E-state index in [1.54, 1.807) is 49.0 Å². The van der Waals surface area contributed by atoms with E-state index in [0.29, 0.717) is 11.3 Å². The zero-order valence-electron chi connectivity index (χ0n) is 13.3. The molecule has 0 fully saturated rings. The van der Waals surface area contributed by atoms with Gasteiger partial charge in [-0.05, 0) is 37.6 Å². The summed E-state index contributed by atoms with van der Waals surface area (Å²) in [6, 6.07) is 8.59. The number of aromatic nitrogens is 1. The van der Waals surface area contributed by atoms with Gasteiger partial charge in [0, 0.05) is 13.2 Å². The van der Waals surface area contributed by atoms with Crippen LogP contribution in [0.1, 0.15) is 32.0 Å². The Morgan fingerprint density at radius 1 is 1.17 bits per heavy atom. The molecule has 0 bridgehead atoms. The van der Waals surface area contributed by atoms with Gasteiger partial charge >= 0.3 is 5.97 Å². The third-order valence-corrected chi connectivity index (χ3v) is 3.37. The first-order chi connectivity index (χ1) is 10.9. The molecule has 2 aromatic rings. The molecule has 1 heterocycles. The quantitative estimate of drug-likeness (QED) is 0.872. The largest absolute Gasteiger partial charge is 0.452 e. The van der Waals surface area contributed by atoms with E-state index in [4.69, 9.17) is 4.74 Å². The molecule has 0 saturated carbocycles. The predicted octanol–water partition coefficient (Wildman–Crippen LogP) is 1.76. The van der Waals surface area contributed by atoms with Crippen molar-refractivity contribution in [1.29, 1.82) is 0 Å². The highest BCUT2D eigenvalue weighted by Gasteiger charge is 2.16. The average Bonchev–Trinajstić information content (AvgIpc) is 2.91. The van der Waals surface area contributed by atoms with Crippen LogP contribution in [0.2, 0.25) is 0 Å². The maximum absolute atomic E-state index is 12.0. The molecule has 0 radical (unpaired) electrons. The first kappa shape index (κ1) is 16.5. The summed E-state index contributed by atoms with van der Waals surface area (Å²) in [6.07, 6.45) is 1.69. The van der Waals surface area contributed by atoms with Crippen LogP contribution in [0.5, 0.6) is 0 Å². The predicted molar refractivity (Wildman–Crippen MR) is 84.1 cm³/mol. The molecule has 1 N–H and O–H groups in total. The van der Waals surface area contributed by atoms with Crippen molar-refractivity contribution in [3.05, 3.63) is 58.9 Å². The van der Waals surface area contributed by atoms with Crippen LogP contribution in [0.15, 0.2) is 36.5 Å². The van der Waals surface area contributed by atoms with E-state index in [0.717, 1.165) is 11.1 Å². The van der Waals surface area contributed by atoms with Crippen LogP contribution >= 0.6 is 0 Å². The summed E-state index contributed by atoms with van der Waals surface area (Å²) in [7, 11) is 1.69. The molecule has 0 unspecified atom stereocenters. The number of imide groups is 1. The highest BCUT2D eigenvalue weighted by molar-refractivity contribution is 6.04. The topological polar surface area (TPSA) is 77.4 Å². The van der Waals surface area contributed by atoms with E-state index in [2.05, 4.69) is 5.32 Å². The number of ether oxygens (including phenoxy) is 1. The van der Waals surface area contributed by atoms with Crippen LogP contribution in [0, 0.1) is 13.8 Å². The molecule has 120 valence electrons. The molecular formula is C17H18N2O4. The molecule has 0 saturated heterocycles. The highest BCUT2D eigenvalue weighted by atomic mass is 16.5. The second-order valence-corrected chi connectivity index (χ2v) is 5.28. The van der Waals surface area contributed by atoms with Crippen LogP contribution in [0.25, 0.3) is 0 Å². The molecule has 0 aliphatic heterocycles. The molecule has 0 aliphatic carbocycles. The SMILES string of the molecule is Cc1ccc(C(=O)OCC(=O)NC(=O)c2cccn2C)c(C)c1. The van der Waals surface area contributed by atoms with Crippen molar-refractivity contribution < 1.29 is 19.1 Å². The van der Waals surface area contributed by atoms with Crippen LogP contribution < -0.4 is 5.32 Å². The Bertz CT molecular complexity index is 762. The summed E-state index contributed by atoms with van der Waals surface area (Å²) in [6.45, 7) is 3.20. The number of hydrogen-bond donors (Lipinski definition) is 1. The number of rotatable bonds is 4. The summed E-state index contributed by atoms with van der Waals surface area (Å²) < 4.78 is 6.54. The Kier molecular flexibility index (Phi) is 4.95. The monoisotopic (exact) mass is 314 g/mol. The first-order valence-electron chi connectivity index (χ1n) is 7.08. The van der Waals surface area contributed by atoms with E-state index in [-0.39, 0.29) is 0 Å². The van der Waals surface area contributed by atoms with Gasteiger partial charge in [0.15, 0.2) is 6.61 Å². The van der Waals surface area contributed by atoms with Gasteiger partial charge < -0.3 is 9.30 Å². The molecule has 0 spiro atoms. The summed E-state index contributed by atoms with van der Waals surface area (Å²) in [5, 5.41) is 2.18. The number of aryl methyl sites for hydroxylation is 3. The molecule has 2 rings (SSSR count). The van der Waals surface area contributed by atoms with Gasteiger partial charge in [-0.1, -0.05) is 17.7 Å². The molecule has 1 aromatic heterocycles. The van der Waals surface area contributed by atoms with E-state index in [1.165, 1.54) is 0 Å². The zero-order valence-corrected chi connectivity index (χ0v) is 13.3. The maximum Gasteiger partial charge on any atom is 0.338 e. The Morgan fingerprint density at radius 3 is 2.52 bits per heavy atom. The van der Waals surface area contributed by atoms with E-state index < -0.39 is 24.4 Å². The third kappa shape index (κ3) is 4.06. The number of esters is 1. The number of benzene rings is 1. The van der Waals surface area contributed by atoms with Gasteiger partial charge in [-0.25, -0.2) is 4.79 Å². The van der Waals surface area contributed by atoms with Gasteiger partial charge in [-0.15, -0.1) is 0 Å². The maximum atomic E-state index is 12.0. The number of hydrogen-bond acceptors (Lipinski definition) is 4. The van der Waals surface area contributed by atoms with Gasteiger partial charge in [-0.3, -0.25) is 14.9 Å². The zero-order chi connectivity index (χ0) is 17.0. The number of carbonyl (C=O) groups is 3. The smallest absolute Gasteiger partial charge is 0.338 e. The molecule has 6 heteroatoms. The molecule has 23 heavy (non-hydrogen) atoms. The van der Waals surface area contributed by atoms with Crippen molar-refractivity contribution in [2.24, 2.45) is 7.05 Å². The van der Waals surface area contributed by atoms with Crippen LogP contribution in [-0.4, -0.2) is 29.0 Å². The number of nitrogens with one attached hydrogen (secondary N) is 1. The fourth-order valence-corrected chi connectivity index (χ4v) is 2.18. The summed E-state index contributed by atoms with van der Waals surface area (Å²) in [4.78, 5) is 35.5. The standard InChI is InChI=1S/C17H18N2O4/c1-11-6-7-13(12(2)9-11)17(22)23-10-15(20)18-16(21)14-5-4-8-19(14)3/h4-9H,10H2,1-3H3,(H,18,20,21). The van der Waals surface area contributed by atoms with Crippen molar-refractivity contribution >= 4 is 17.8 Å². The Labute approximate surface area is 134 Å². The normalized spacial score (nSPS) is 10.2. The van der Waals surface area contributed by atoms with E-state index in [9.17, 15) is 14.4 Å². The molecule has 6 nitrogen and oxygen atoms in total. The highest BCUT2D eigenvalue weighted by Crippen LogP contribution is 2.11. The lowest BCUT2D eigenvalue weighted by Crippen LogP contribution is -2.35. The Morgan fingerprint density at radius 2 is 1.91 bits per heavy atom. The van der Waals surface area contributed by atoms with Crippen molar-refractivity contribution in [2.45, 2.75) is 13.8 Å². The van der Waals surface area contributed by atoms with Crippen molar-refractivity contribution in [3.63, 3.8) is 0 Å². The van der Waals surface area contributed by atoms with Crippen LogP contribution in [-0.2, 0) is 16.6 Å². The molecule has 1 aromatic carbocycles. The first-order valence-corrected chi connectivity index (χ1v) is 7.08. The fraction of sp³-hybridized carbons (Fsp3) is 0.235. The van der Waals surface area contributed by atoms with Gasteiger partial charge in [0.05, 0.1) is 5.56 Å². The minimum absolute atomic E-state index is 0.346. The molecule has 0 aliphatic rings. The van der Waals surface area contributed by atoms with Gasteiger partial charge in [0.1, 0.15) is 5.69 Å². The van der Waals surface area contributed by atoms with E-state index >= 15 is 0 Å². The van der Waals surface area contributed by atoms with Crippen LogP contribution in [0.4, 0.5) is 0 Å². The second kappa shape index (κ2) is 6.91. The van der Waals surface area contributed by atoms with Crippen LogP contribution in [0.3, 0.4) is 0 Å². The average molecular weight is 314 g/mol. The van der Waals surface area contributed by atoms with E-state index in [1.807, 2.05) is 13.0 Å². The Balaban J connectivity index is 1.90. The van der Waals surface area contributed by atoms with Crippen molar-refractivity contribution in [2.75, 3.05) is 6.61 Å². The summed E-state index contributed by atoms with van der Waals surface area (Å²) >= 11 is 0. The number of nitrogens with zero attached hydrogens (tertiary/aromatic N) is 1. The minimum Gasteiger partial charge on any atom is -0.452 e. The lowest BCUT2D eigenvalue weighted by atomic mass is 10.1. The van der Waals surface area contributed by atoms with Crippen molar-refractivity contribution in [3.8, 4) is 0 Å². The third-order valence-electron chi connectivity index (χ3n) is 3.37. The Hall–Kier alpha value is -2.89. The van der Waals surface area contributed by atoms with Gasteiger partial charge in [0.2, 0.25) is 0 Å². The minimum atomic E-state index is -0.672. The fourth-order valence-electron chi connectivity index (χ4n) is 2.18. The molecular weight excluding hydrogens is 296 g/mol. The summed E-state index contributed by atoms with van der Waals surface area (Å²) in [5.41, 5.74) is 2.55. The van der Waals surface area contributed by atoms with Crippen molar-refractivity contribution in [1.82, 2.24) is 9.88 Å². The summed E-state index contributed by atoms with van der Waals surface area (Å²) in [5.74, 6) is -1.80. The van der Waals surface area contributed by atoms with Gasteiger partial charge in [-0.2, -0.15) is 0 Å². The lowest BCUT2D eigenvalue weighted by molar-refractivity contribution is -0.123. The molecule has 2 amide bonds. The lowest BCUT2D eigenvalue weighted by Gasteiger charge is -2.08.